The molecule has 1 aromatic rings. The zero-order valence-electron chi connectivity index (χ0n) is 11.1. The van der Waals surface area contributed by atoms with E-state index in [-0.39, 0.29) is 19.3 Å². The van der Waals surface area contributed by atoms with Crippen LogP contribution in [0.4, 0.5) is 0 Å². The van der Waals surface area contributed by atoms with E-state index in [0.29, 0.717) is 10.9 Å². The Bertz CT molecular complexity index is 399. The maximum absolute atomic E-state index is 11.1. The van der Waals surface area contributed by atoms with Gasteiger partial charge in [-0.1, -0.05) is 11.8 Å². The van der Waals surface area contributed by atoms with Gasteiger partial charge in [0.25, 0.3) is 0 Å². The van der Waals surface area contributed by atoms with Gasteiger partial charge in [-0.15, -0.1) is 5.10 Å². The number of hydrogen-bond donors (Lipinski definition) is 1. The fraction of sp³-hybridized carbons (Fsp3) is 0.800. The molecule has 1 N–H and O–H groups in total. The zero-order valence-corrected chi connectivity index (χ0v) is 12.0. The smallest absolute Gasteiger partial charge is 0.327 e. The molecule has 1 unspecified atom stereocenters. The Labute approximate surface area is 115 Å². The average molecular weight is 290 g/mol. The summed E-state index contributed by atoms with van der Waals surface area (Å²) in [4.78, 5) is 11.1. The lowest BCUT2D eigenvalue weighted by Crippen LogP contribution is -2.21. The van der Waals surface area contributed by atoms with Crippen molar-refractivity contribution in [3.05, 3.63) is 0 Å². The number of esters is 1. The van der Waals surface area contributed by atoms with Crippen LogP contribution in [0.1, 0.15) is 13.8 Å². The van der Waals surface area contributed by atoms with Gasteiger partial charge >= 0.3 is 5.97 Å². The SMILES string of the molecule is COC(=O)Cn1nnnc1SCC(O)COC(C)C. The second-order valence-electron chi connectivity index (χ2n) is 4.04. The van der Waals surface area contributed by atoms with Crippen LogP contribution in [0.5, 0.6) is 0 Å². The Morgan fingerprint density at radius 3 is 2.89 bits per heavy atom. The van der Waals surface area contributed by atoms with Gasteiger partial charge in [-0.25, -0.2) is 4.68 Å². The number of thioether (sulfide) groups is 1. The summed E-state index contributed by atoms with van der Waals surface area (Å²) < 4.78 is 11.2. The molecule has 0 amide bonds. The number of aliphatic hydroxyl groups is 1. The molecule has 8 nitrogen and oxygen atoms in total. The first-order valence-corrected chi connectivity index (χ1v) is 6.77. The summed E-state index contributed by atoms with van der Waals surface area (Å²) in [5.74, 6) is -0.0494. The van der Waals surface area contributed by atoms with Crippen LogP contribution < -0.4 is 0 Å². The fourth-order valence-electron chi connectivity index (χ4n) is 1.11. The highest BCUT2D eigenvalue weighted by molar-refractivity contribution is 7.99. The number of carbonyl (C=O) groups excluding carboxylic acids is 1. The summed E-state index contributed by atoms with van der Waals surface area (Å²) in [7, 11) is 1.30. The molecule has 1 heterocycles. The number of aliphatic hydroxyl groups excluding tert-OH is 1. The summed E-state index contributed by atoms with van der Waals surface area (Å²) >= 11 is 1.26. The average Bonchev–Trinajstić information content (AvgIpc) is 2.81. The van der Waals surface area contributed by atoms with Gasteiger partial charge in [-0.05, 0) is 24.3 Å². The number of tetrazole rings is 1. The molecule has 19 heavy (non-hydrogen) atoms. The number of carbonyl (C=O) groups is 1. The first-order chi connectivity index (χ1) is 9.02. The van der Waals surface area contributed by atoms with Crippen LogP contribution in [0, 0.1) is 0 Å². The van der Waals surface area contributed by atoms with Crippen LogP contribution in [0.15, 0.2) is 5.16 Å². The van der Waals surface area contributed by atoms with Crippen LogP contribution in [-0.4, -0.2) is 63.0 Å². The Kier molecular flexibility index (Phi) is 6.74. The highest BCUT2D eigenvalue weighted by Crippen LogP contribution is 2.15. The van der Waals surface area contributed by atoms with E-state index in [4.69, 9.17) is 4.74 Å². The molecule has 0 bridgehead atoms. The molecule has 0 radical (unpaired) electrons. The van der Waals surface area contributed by atoms with Crippen LogP contribution >= 0.6 is 11.8 Å². The monoisotopic (exact) mass is 290 g/mol. The molecule has 0 aromatic carbocycles. The predicted octanol–water partition coefficient (Wildman–Crippen LogP) is -0.276. The molecular weight excluding hydrogens is 272 g/mol. The van der Waals surface area contributed by atoms with Gasteiger partial charge in [-0.2, -0.15) is 0 Å². The summed E-state index contributed by atoms with van der Waals surface area (Å²) in [6.45, 7) is 4.00. The van der Waals surface area contributed by atoms with Gasteiger partial charge in [0.1, 0.15) is 6.54 Å². The number of rotatable bonds is 8. The second kappa shape index (κ2) is 8.08. The lowest BCUT2D eigenvalue weighted by atomic mass is 10.4. The van der Waals surface area contributed by atoms with Gasteiger partial charge < -0.3 is 14.6 Å². The van der Waals surface area contributed by atoms with E-state index in [9.17, 15) is 9.90 Å². The third-order valence-corrected chi connectivity index (χ3v) is 3.13. The Hall–Kier alpha value is -1.19. The summed E-state index contributed by atoms with van der Waals surface area (Å²) in [6.07, 6.45) is -0.542. The molecule has 0 aliphatic carbocycles. The fourth-order valence-corrected chi connectivity index (χ4v) is 1.89. The third kappa shape index (κ3) is 5.99. The van der Waals surface area contributed by atoms with E-state index in [1.54, 1.807) is 0 Å². The maximum Gasteiger partial charge on any atom is 0.327 e. The Balaban J connectivity index is 2.40. The molecule has 0 saturated carbocycles. The molecule has 0 aliphatic rings. The minimum atomic E-state index is -0.615. The summed E-state index contributed by atoms with van der Waals surface area (Å²) in [5.41, 5.74) is 0. The van der Waals surface area contributed by atoms with Crippen LogP contribution in [-0.2, 0) is 20.8 Å². The molecule has 0 aliphatic heterocycles. The first kappa shape index (κ1) is 15.9. The van der Waals surface area contributed by atoms with Crippen molar-refractivity contribution < 1.29 is 19.4 Å². The van der Waals surface area contributed by atoms with Gasteiger partial charge in [0.05, 0.1) is 25.9 Å². The molecular formula is C10H18N4O4S. The van der Waals surface area contributed by atoms with Crippen molar-refractivity contribution in [3.8, 4) is 0 Å². The summed E-state index contributed by atoms with van der Waals surface area (Å²) in [6, 6.07) is 0. The number of hydrogen-bond acceptors (Lipinski definition) is 8. The number of methoxy groups -OCH3 is 1. The standard InChI is InChI=1S/C10H18N4O4S/c1-7(2)18-5-8(15)6-19-10-11-12-13-14(10)4-9(16)17-3/h7-8,15H,4-6H2,1-3H3. The lowest BCUT2D eigenvalue weighted by Gasteiger charge is -2.12. The van der Waals surface area contributed by atoms with Crippen LogP contribution in [0.3, 0.4) is 0 Å². The van der Waals surface area contributed by atoms with Crippen molar-refractivity contribution in [1.82, 2.24) is 20.2 Å². The Morgan fingerprint density at radius 2 is 2.26 bits per heavy atom. The lowest BCUT2D eigenvalue weighted by molar-refractivity contribution is -0.141. The van der Waals surface area contributed by atoms with Gasteiger partial charge in [-0.3, -0.25) is 4.79 Å². The van der Waals surface area contributed by atoms with Crippen molar-refractivity contribution in [2.24, 2.45) is 0 Å². The first-order valence-electron chi connectivity index (χ1n) is 5.78. The van der Waals surface area contributed by atoms with Crippen molar-refractivity contribution in [3.63, 3.8) is 0 Å². The van der Waals surface area contributed by atoms with Crippen molar-refractivity contribution in [2.75, 3.05) is 19.5 Å². The van der Waals surface area contributed by atoms with Crippen LogP contribution in [0.2, 0.25) is 0 Å². The van der Waals surface area contributed by atoms with Crippen molar-refractivity contribution >= 4 is 17.7 Å². The molecule has 1 atom stereocenters. The van der Waals surface area contributed by atoms with Gasteiger partial charge in [0.15, 0.2) is 0 Å². The maximum atomic E-state index is 11.1. The van der Waals surface area contributed by atoms with Gasteiger partial charge in [0.2, 0.25) is 5.16 Å². The van der Waals surface area contributed by atoms with E-state index < -0.39 is 12.1 Å². The normalized spacial score (nSPS) is 12.7. The minimum absolute atomic E-state index is 0.0512. The third-order valence-electron chi connectivity index (χ3n) is 2.03. The van der Waals surface area contributed by atoms with E-state index in [0.717, 1.165) is 0 Å². The summed E-state index contributed by atoms with van der Waals surface area (Å²) in [5, 5.41) is 21.1. The second-order valence-corrected chi connectivity index (χ2v) is 5.03. The van der Waals surface area contributed by atoms with E-state index in [2.05, 4.69) is 20.3 Å². The number of aromatic nitrogens is 4. The number of nitrogens with zero attached hydrogens (tertiary/aromatic N) is 4. The van der Waals surface area contributed by atoms with Crippen molar-refractivity contribution in [1.29, 1.82) is 0 Å². The highest BCUT2D eigenvalue weighted by atomic mass is 32.2. The molecule has 1 aromatic heterocycles. The highest BCUT2D eigenvalue weighted by Gasteiger charge is 2.13. The van der Waals surface area contributed by atoms with Crippen LogP contribution in [0.25, 0.3) is 0 Å². The predicted molar refractivity (Wildman–Crippen MR) is 67.7 cm³/mol. The van der Waals surface area contributed by atoms with E-state index in [1.165, 1.54) is 23.6 Å². The molecule has 1 rings (SSSR count). The molecule has 9 heteroatoms. The molecule has 108 valence electrons. The quantitative estimate of drug-likeness (QED) is 0.515. The molecule has 0 saturated heterocycles. The van der Waals surface area contributed by atoms with E-state index >= 15 is 0 Å². The largest absolute Gasteiger partial charge is 0.468 e. The Morgan fingerprint density at radius 1 is 1.53 bits per heavy atom. The number of ether oxygens (including phenoxy) is 2. The van der Waals surface area contributed by atoms with Crippen molar-refractivity contribution in [2.45, 2.75) is 37.8 Å². The molecule has 0 fully saturated rings. The van der Waals surface area contributed by atoms with Gasteiger partial charge in [0, 0.05) is 5.75 Å². The van der Waals surface area contributed by atoms with E-state index in [1.807, 2.05) is 13.8 Å². The zero-order chi connectivity index (χ0) is 14.3. The topological polar surface area (TPSA) is 99.4 Å². The minimum Gasteiger partial charge on any atom is -0.468 e. The molecule has 0 spiro atoms.